The van der Waals surface area contributed by atoms with Gasteiger partial charge in [-0.1, -0.05) is 0 Å². The Morgan fingerprint density at radius 2 is 0.389 bits per heavy atom. The van der Waals surface area contributed by atoms with E-state index in [2.05, 4.69) is 4.52 Å². The standard InChI is InChI=1S/C24H8F43O4P/c25-4(26,2-1-3-71-72(68,69)70)5(27,28)6(29,30)7(31,32)8(33,34)9(35,36)10(37,38)11(39,40)12(41,42)13(43,44)14(45,46)15(47,48)16(49,50)17(51,52)18(53,54)19(55,56)20(57,58)21(59,60)22(61,62)23(63,64)24(65,66)67/h1-3H2,(H2,68,69,70). The minimum absolute atomic E-state index is 2.15. The lowest BCUT2D eigenvalue weighted by molar-refractivity contribution is -0.496. The first-order valence-electron chi connectivity index (χ1n) is 15.5. The number of halogens is 43. The van der Waals surface area contributed by atoms with Gasteiger partial charge in [0.2, 0.25) is 0 Å². The predicted octanol–water partition coefficient (Wildman–Crippen LogP) is 14.1. The van der Waals surface area contributed by atoms with Crippen LogP contribution in [0.15, 0.2) is 0 Å². The summed E-state index contributed by atoms with van der Waals surface area (Å²) in [6.45, 7) is -2.15. The third kappa shape index (κ3) is 8.47. The van der Waals surface area contributed by atoms with E-state index in [0.717, 1.165) is 0 Å². The van der Waals surface area contributed by atoms with Crippen molar-refractivity contribution in [1.82, 2.24) is 0 Å². The van der Waals surface area contributed by atoms with Gasteiger partial charge in [0.15, 0.2) is 0 Å². The van der Waals surface area contributed by atoms with Crippen LogP contribution in [0.1, 0.15) is 12.8 Å². The van der Waals surface area contributed by atoms with Gasteiger partial charge in [-0.15, -0.1) is 0 Å². The maximum absolute atomic E-state index is 14.1. The number of phosphoric ester groups is 1. The molecule has 0 aliphatic heterocycles. The summed E-state index contributed by atoms with van der Waals surface area (Å²) in [6.07, 6.45) is -14.4. The second kappa shape index (κ2) is 17.3. The monoisotopic (exact) mass is 1210 g/mol. The predicted molar refractivity (Wildman–Crippen MR) is 132 cm³/mol. The largest absolute Gasteiger partial charge is 0.469 e. The number of alkyl halides is 43. The van der Waals surface area contributed by atoms with Crippen molar-refractivity contribution in [2.24, 2.45) is 0 Å². The molecule has 0 aromatic rings. The van der Waals surface area contributed by atoms with Gasteiger partial charge in [0.1, 0.15) is 0 Å². The summed E-state index contributed by atoms with van der Waals surface area (Å²) in [5.74, 6) is -201. The van der Waals surface area contributed by atoms with Crippen molar-refractivity contribution in [2.45, 2.75) is 137 Å². The molecule has 0 unspecified atom stereocenters. The molecule has 0 atom stereocenters. The van der Waals surface area contributed by atoms with Gasteiger partial charge in [-0.25, -0.2) is 4.57 Å². The third-order valence-corrected chi connectivity index (χ3v) is 9.33. The van der Waals surface area contributed by atoms with Gasteiger partial charge in [0.25, 0.3) is 0 Å². The van der Waals surface area contributed by atoms with Gasteiger partial charge >= 0.3 is 132 Å². The third-order valence-electron chi connectivity index (χ3n) is 8.81. The van der Waals surface area contributed by atoms with Gasteiger partial charge < -0.3 is 9.79 Å². The van der Waals surface area contributed by atoms with Crippen LogP contribution in [0.3, 0.4) is 0 Å². The first-order chi connectivity index (χ1) is 30.2. The van der Waals surface area contributed by atoms with E-state index in [1.165, 1.54) is 0 Å². The van der Waals surface area contributed by atoms with E-state index in [4.69, 9.17) is 9.79 Å². The quantitative estimate of drug-likeness (QED) is 0.0574. The Labute approximate surface area is 361 Å². The summed E-state index contributed by atoms with van der Waals surface area (Å²) >= 11 is 0. The lowest BCUT2D eigenvalue weighted by atomic mass is 9.81. The SMILES string of the molecule is O=P(O)(O)OCCCC(F)(F)C(F)(F)C(F)(F)C(F)(F)C(F)(F)C(F)(F)C(F)(F)C(F)(F)C(F)(F)C(F)(F)C(F)(F)C(F)(F)C(F)(F)C(F)(F)C(F)(F)C(F)(F)C(F)(F)C(F)(F)C(F)(F)C(F)(F)C(F)(F)F. The zero-order chi connectivity index (χ0) is 59.8. The fraction of sp³-hybridized carbons (Fsp3) is 1.00. The van der Waals surface area contributed by atoms with Gasteiger partial charge in [-0.2, -0.15) is 189 Å². The Morgan fingerprint density at radius 3 is 0.528 bits per heavy atom. The van der Waals surface area contributed by atoms with Crippen LogP contribution in [-0.2, 0) is 9.09 Å². The molecular formula is C24H8F43O4P. The van der Waals surface area contributed by atoms with Crippen LogP contribution in [-0.4, -0.2) is 141 Å². The molecule has 0 aliphatic rings. The van der Waals surface area contributed by atoms with Gasteiger partial charge in [-0.3, -0.25) is 4.52 Å². The maximum Gasteiger partial charge on any atom is 0.469 e. The molecule has 48 heteroatoms. The Morgan fingerprint density at radius 1 is 0.250 bits per heavy atom. The molecule has 0 aromatic carbocycles. The smallest absolute Gasteiger partial charge is 0.303 e. The summed E-state index contributed by atoms with van der Waals surface area (Å²) in [7, 11) is -5.92. The molecule has 0 heterocycles. The normalized spacial score (nSPS) is 17.2. The Balaban J connectivity index is 7.92. The van der Waals surface area contributed by atoms with E-state index in [9.17, 15) is 193 Å². The molecule has 0 amide bonds. The van der Waals surface area contributed by atoms with E-state index >= 15 is 0 Å². The van der Waals surface area contributed by atoms with Crippen LogP contribution in [0, 0.1) is 0 Å². The second-order valence-corrected chi connectivity index (χ2v) is 14.8. The lowest BCUT2D eigenvalue weighted by Gasteiger charge is -2.47. The van der Waals surface area contributed by atoms with Crippen molar-refractivity contribution >= 4 is 7.82 Å². The zero-order valence-electron chi connectivity index (χ0n) is 31.0. The maximum atomic E-state index is 14.1. The zero-order valence-corrected chi connectivity index (χ0v) is 31.9. The van der Waals surface area contributed by atoms with Crippen molar-refractivity contribution in [3.63, 3.8) is 0 Å². The van der Waals surface area contributed by atoms with Crippen LogP contribution in [0.25, 0.3) is 0 Å². The molecule has 0 radical (unpaired) electrons. The van der Waals surface area contributed by atoms with Crippen LogP contribution in [0.2, 0.25) is 0 Å². The topological polar surface area (TPSA) is 66.8 Å². The fourth-order valence-corrected chi connectivity index (χ4v) is 4.76. The summed E-state index contributed by atoms with van der Waals surface area (Å²) in [4.78, 5) is 16.4. The van der Waals surface area contributed by atoms with Crippen molar-refractivity contribution in [3.05, 3.63) is 0 Å². The molecule has 434 valence electrons. The van der Waals surface area contributed by atoms with Gasteiger partial charge in [0.05, 0.1) is 6.61 Å². The first kappa shape index (κ1) is 69.1. The molecule has 0 aromatic heterocycles. The Hall–Kier alpha value is -2.90. The Kier molecular flexibility index (Phi) is 16.6. The number of hydrogen-bond donors (Lipinski definition) is 2. The molecule has 0 fully saturated rings. The highest BCUT2D eigenvalue weighted by atomic mass is 31.2. The summed E-state index contributed by atoms with van der Waals surface area (Å²) in [5, 5.41) is 0. The van der Waals surface area contributed by atoms with Crippen molar-refractivity contribution in [1.29, 1.82) is 0 Å². The van der Waals surface area contributed by atoms with Crippen molar-refractivity contribution in [2.75, 3.05) is 6.61 Å². The van der Waals surface area contributed by atoms with Gasteiger partial charge in [0, 0.05) is 6.42 Å². The fourth-order valence-electron chi connectivity index (χ4n) is 4.39. The molecule has 0 saturated carbocycles. The summed E-state index contributed by atoms with van der Waals surface area (Å²) < 4.78 is 605. The number of rotatable bonds is 24. The highest BCUT2D eigenvalue weighted by Gasteiger charge is 3.03. The second-order valence-electron chi connectivity index (χ2n) is 13.5. The molecule has 0 spiro atoms. The van der Waals surface area contributed by atoms with Crippen LogP contribution >= 0.6 is 7.82 Å². The van der Waals surface area contributed by atoms with E-state index in [-0.39, 0.29) is 0 Å². The molecular weight excluding hydrogens is 1200 g/mol. The Bertz CT molecular complexity index is 1990. The molecule has 0 aliphatic carbocycles. The van der Waals surface area contributed by atoms with Gasteiger partial charge in [-0.05, 0) is 6.42 Å². The van der Waals surface area contributed by atoms with E-state index in [0.29, 0.717) is 0 Å². The highest BCUT2D eigenvalue weighted by Crippen LogP contribution is 2.72. The average molecular weight is 1210 g/mol. The molecule has 0 saturated heterocycles. The number of hydrogen-bond acceptors (Lipinski definition) is 2. The van der Waals surface area contributed by atoms with Crippen LogP contribution in [0.5, 0.6) is 0 Å². The molecule has 2 N–H and O–H groups in total. The minimum Gasteiger partial charge on any atom is -0.303 e. The van der Waals surface area contributed by atoms with Crippen LogP contribution < -0.4 is 0 Å². The molecule has 0 bridgehead atoms. The average Bonchev–Trinajstić information content (AvgIpc) is 3.13. The number of phosphoric acid groups is 1. The highest BCUT2D eigenvalue weighted by molar-refractivity contribution is 7.46. The van der Waals surface area contributed by atoms with Crippen molar-refractivity contribution in [3.8, 4) is 0 Å². The minimum atomic E-state index is -10.7. The van der Waals surface area contributed by atoms with E-state index < -0.39 is 152 Å². The van der Waals surface area contributed by atoms with Crippen LogP contribution in [0.4, 0.5) is 189 Å². The van der Waals surface area contributed by atoms with E-state index in [1.54, 1.807) is 0 Å². The van der Waals surface area contributed by atoms with E-state index in [1.807, 2.05) is 0 Å². The molecule has 4 nitrogen and oxygen atoms in total. The lowest BCUT2D eigenvalue weighted by Crippen LogP contribution is -2.80. The molecule has 0 rings (SSSR count). The van der Waals surface area contributed by atoms with Crippen molar-refractivity contribution < 1.29 is 208 Å². The summed E-state index contributed by atoms with van der Waals surface area (Å²) in [5.41, 5.74) is 0. The molecule has 72 heavy (non-hydrogen) atoms. The summed E-state index contributed by atoms with van der Waals surface area (Å²) in [6, 6.07) is 0. The first-order valence-corrected chi connectivity index (χ1v) is 17.1.